The zero-order valence-electron chi connectivity index (χ0n) is 16.9. The SMILES string of the molecule is C[C@H](OC(=O)c1ccccc1[S@](C)=O)C(=O)N1CCC(Cc2ccccc2)CC1. The van der Waals surface area contributed by atoms with E-state index >= 15 is 0 Å². The molecule has 2 atom stereocenters. The van der Waals surface area contributed by atoms with E-state index in [1.54, 1.807) is 36.1 Å². The number of ether oxygens (including phenoxy) is 1. The first-order valence-corrected chi connectivity index (χ1v) is 11.5. The number of benzene rings is 2. The molecule has 0 spiro atoms. The highest BCUT2D eigenvalue weighted by molar-refractivity contribution is 7.84. The van der Waals surface area contributed by atoms with Crippen molar-refractivity contribution in [3.8, 4) is 0 Å². The zero-order chi connectivity index (χ0) is 20.8. The molecule has 1 saturated heterocycles. The third-order valence-electron chi connectivity index (χ3n) is 5.34. The molecule has 29 heavy (non-hydrogen) atoms. The first-order chi connectivity index (χ1) is 14.0. The van der Waals surface area contributed by atoms with Gasteiger partial charge in [0.25, 0.3) is 5.91 Å². The summed E-state index contributed by atoms with van der Waals surface area (Å²) in [7, 11) is -1.31. The van der Waals surface area contributed by atoms with E-state index in [-0.39, 0.29) is 11.5 Å². The summed E-state index contributed by atoms with van der Waals surface area (Å²) in [5.74, 6) is -0.229. The Labute approximate surface area is 174 Å². The van der Waals surface area contributed by atoms with Crippen molar-refractivity contribution in [3.63, 3.8) is 0 Å². The van der Waals surface area contributed by atoms with Crippen molar-refractivity contribution in [2.75, 3.05) is 19.3 Å². The third-order valence-corrected chi connectivity index (χ3v) is 6.32. The first kappa shape index (κ1) is 21.2. The van der Waals surface area contributed by atoms with Crippen molar-refractivity contribution >= 4 is 22.7 Å². The Balaban J connectivity index is 1.53. The van der Waals surface area contributed by atoms with Gasteiger partial charge in [-0.3, -0.25) is 9.00 Å². The number of piperidine rings is 1. The van der Waals surface area contributed by atoms with Crippen LogP contribution in [0.1, 0.15) is 35.7 Å². The van der Waals surface area contributed by atoms with Gasteiger partial charge in [0.05, 0.1) is 21.3 Å². The number of hydrogen-bond acceptors (Lipinski definition) is 4. The van der Waals surface area contributed by atoms with E-state index in [9.17, 15) is 13.8 Å². The van der Waals surface area contributed by atoms with Gasteiger partial charge in [-0.2, -0.15) is 0 Å². The van der Waals surface area contributed by atoms with Crippen molar-refractivity contribution < 1.29 is 18.5 Å². The predicted molar refractivity (Wildman–Crippen MR) is 113 cm³/mol. The van der Waals surface area contributed by atoms with Crippen LogP contribution in [0.2, 0.25) is 0 Å². The molecule has 2 aromatic rings. The maximum absolute atomic E-state index is 12.7. The van der Waals surface area contributed by atoms with E-state index in [2.05, 4.69) is 24.3 Å². The van der Waals surface area contributed by atoms with E-state index in [0.29, 0.717) is 23.9 Å². The van der Waals surface area contributed by atoms with Gasteiger partial charge in [-0.25, -0.2) is 4.79 Å². The van der Waals surface area contributed by atoms with E-state index in [1.807, 2.05) is 6.07 Å². The van der Waals surface area contributed by atoms with Crippen molar-refractivity contribution in [2.24, 2.45) is 5.92 Å². The van der Waals surface area contributed by atoms with Crippen LogP contribution in [0.3, 0.4) is 0 Å². The first-order valence-electron chi connectivity index (χ1n) is 9.92. The van der Waals surface area contributed by atoms with Crippen molar-refractivity contribution in [2.45, 2.75) is 37.2 Å². The van der Waals surface area contributed by atoms with E-state index in [4.69, 9.17) is 4.74 Å². The molecule has 0 aliphatic carbocycles. The highest BCUT2D eigenvalue weighted by Crippen LogP contribution is 2.23. The number of amides is 1. The molecule has 1 heterocycles. The molecular weight excluding hydrogens is 386 g/mol. The summed E-state index contributed by atoms with van der Waals surface area (Å²) in [5, 5.41) is 0. The van der Waals surface area contributed by atoms with Gasteiger partial charge in [-0.15, -0.1) is 0 Å². The van der Waals surface area contributed by atoms with Gasteiger partial charge >= 0.3 is 5.97 Å². The number of carbonyl (C=O) groups excluding carboxylic acids is 2. The fourth-order valence-corrected chi connectivity index (χ4v) is 4.45. The highest BCUT2D eigenvalue weighted by Gasteiger charge is 2.29. The monoisotopic (exact) mass is 413 g/mol. The fraction of sp³-hybridized carbons (Fsp3) is 0.391. The van der Waals surface area contributed by atoms with Crippen LogP contribution in [0, 0.1) is 5.92 Å². The normalized spacial score (nSPS) is 16.8. The molecule has 0 aromatic heterocycles. The van der Waals surface area contributed by atoms with Gasteiger partial charge in [0.2, 0.25) is 0 Å². The lowest BCUT2D eigenvalue weighted by molar-refractivity contribution is -0.141. The second kappa shape index (κ2) is 9.83. The zero-order valence-corrected chi connectivity index (χ0v) is 17.7. The molecule has 1 aliphatic rings. The summed E-state index contributed by atoms with van der Waals surface area (Å²) >= 11 is 0. The van der Waals surface area contributed by atoms with Gasteiger partial charge in [0.1, 0.15) is 0 Å². The largest absolute Gasteiger partial charge is 0.449 e. The lowest BCUT2D eigenvalue weighted by Crippen LogP contribution is -2.44. The maximum atomic E-state index is 12.7. The predicted octanol–water partition coefficient (Wildman–Crippen LogP) is 3.45. The molecule has 3 rings (SSSR count). The van der Waals surface area contributed by atoms with Crippen LogP contribution in [0.15, 0.2) is 59.5 Å². The second-order valence-electron chi connectivity index (χ2n) is 7.46. The van der Waals surface area contributed by atoms with Gasteiger partial charge < -0.3 is 9.64 Å². The Morgan fingerprint density at radius 3 is 2.34 bits per heavy atom. The van der Waals surface area contributed by atoms with Crippen LogP contribution in [-0.4, -0.2) is 46.4 Å². The van der Waals surface area contributed by atoms with E-state index < -0.39 is 22.9 Å². The number of likely N-dealkylation sites (tertiary alicyclic amines) is 1. The molecule has 6 heteroatoms. The number of esters is 1. The van der Waals surface area contributed by atoms with Crippen LogP contribution in [0.5, 0.6) is 0 Å². The fourth-order valence-electron chi connectivity index (χ4n) is 3.72. The van der Waals surface area contributed by atoms with Crippen LogP contribution in [0.4, 0.5) is 0 Å². The van der Waals surface area contributed by atoms with Gasteiger partial charge in [-0.05, 0) is 49.8 Å². The van der Waals surface area contributed by atoms with Gasteiger partial charge in [0, 0.05) is 19.3 Å². The molecule has 0 N–H and O–H groups in total. The molecule has 0 radical (unpaired) electrons. The topological polar surface area (TPSA) is 63.7 Å². The molecule has 2 aromatic carbocycles. The average molecular weight is 414 g/mol. The summed E-state index contributed by atoms with van der Waals surface area (Å²) in [6.45, 7) is 2.95. The summed E-state index contributed by atoms with van der Waals surface area (Å²) in [5.41, 5.74) is 1.57. The number of rotatable bonds is 6. The Hall–Kier alpha value is -2.47. The minimum atomic E-state index is -1.31. The second-order valence-corrected chi connectivity index (χ2v) is 8.80. The number of nitrogens with zero attached hydrogens (tertiary/aromatic N) is 1. The van der Waals surface area contributed by atoms with Gasteiger partial charge in [-0.1, -0.05) is 42.5 Å². The van der Waals surface area contributed by atoms with Crippen molar-refractivity contribution in [1.29, 1.82) is 0 Å². The molecule has 1 amide bonds. The minimum absolute atomic E-state index is 0.174. The van der Waals surface area contributed by atoms with E-state index in [1.165, 1.54) is 11.8 Å². The van der Waals surface area contributed by atoms with E-state index in [0.717, 1.165) is 19.3 Å². The van der Waals surface area contributed by atoms with Crippen LogP contribution < -0.4 is 0 Å². The Morgan fingerprint density at radius 2 is 1.69 bits per heavy atom. The molecular formula is C23H27NO4S. The molecule has 0 saturated carbocycles. The van der Waals surface area contributed by atoms with Crippen LogP contribution in [-0.2, 0) is 26.8 Å². The smallest absolute Gasteiger partial charge is 0.340 e. The molecule has 0 bridgehead atoms. The quantitative estimate of drug-likeness (QED) is 0.681. The van der Waals surface area contributed by atoms with Crippen LogP contribution in [0.25, 0.3) is 0 Å². The summed E-state index contributed by atoms with van der Waals surface area (Å²) in [4.78, 5) is 27.4. The van der Waals surface area contributed by atoms with Gasteiger partial charge in [0.15, 0.2) is 6.10 Å². The van der Waals surface area contributed by atoms with Crippen molar-refractivity contribution in [3.05, 3.63) is 65.7 Å². The summed E-state index contributed by atoms with van der Waals surface area (Å²) in [6, 6.07) is 17.0. The minimum Gasteiger partial charge on any atom is -0.449 e. The number of carbonyl (C=O) groups is 2. The van der Waals surface area contributed by atoms with Crippen molar-refractivity contribution in [1.82, 2.24) is 4.90 Å². The lowest BCUT2D eigenvalue weighted by Gasteiger charge is -2.33. The highest BCUT2D eigenvalue weighted by atomic mass is 32.2. The Kier molecular flexibility index (Phi) is 7.20. The number of hydrogen-bond donors (Lipinski definition) is 0. The molecule has 1 aliphatic heterocycles. The molecule has 154 valence electrons. The molecule has 1 fully saturated rings. The summed E-state index contributed by atoms with van der Waals surface area (Å²) < 4.78 is 17.2. The van der Waals surface area contributed by atoms with Crippen LogP contribution >= 0.6 is 0 Å². The Bertz CT molecular complexity index is 875. The standard InChI is InChI=1S/C23H27NO4S/c1-17(28-23(26)20-10-6-7-11-21(20)29(2)27)22(25)24-14-12-19(13-15-24)16-18-8-4-3-5-9-18/h3-11,17,19H,12-16H2,1-2H3/t17-,29-/m0/s1. The average Bonchev–Trinajstić information content (AvgIpc) is 2.74. The summed E-state index contributed by atoms with van der Waals surface area (Å²) in [6.07, 6.45) is 3.56. The lowest BCUT2D eigenvalue weighted by atomic mass is 9.90. The third kappa shape index (κ3) is 5.54. The Morgan fingerprint density at radius 1 is 1.07 bits per heavy atom. The molecule has 5 nitrogen and oxygen atoms in total. The molecule has 0 unspecified atom stereocenters. The maximum Gasteiger partial charge on any atom is 0.340 e.